The topological polar surface area (TPSA) is 81.4 Å². The molecule has 0 saturated heterocycles. The van der Waals surface area contributed by atoms with Crippen LogP contribution < -0.4 is 0 Å². The highest BCUT2D eigenvalue weighted by Gasteiger charge is 2.43. The van der Waals surface area contributed by atoms with Crippen molar-refractivity contribution >= 4 is 34.9 Å². The van der Waals surface area contributed by atoms with Crippen LogP contribution >= 0.6 is 22.9 Å². The Morgan fingerprint density at radius 3 is 2.64 bits per heavy atom. The average Bonchev–Trinajstić information content (AvgIpc) is 3.36. The number of halogens is 1. The van der Waals surface area contributed by atoms with Gasteiger partial charge >= 0.3 is 11.9 Å². The van der Waals surface area contributed by atoms with E-state index in [4.69, 9.17) is 16.3 Å². The van der Waals surface area contributed by atoms with E-state index in [1.165, 1.54) is 11.3 Å². The highest BCUT2D eigenvalue weighted by Crippen LogP contribution is 2.42. The number of carboxylic acids is 1. The van der Waals surface area contributed by atoms with Gasteiger partial charge in [0, 0.05) is 16.2 Å². The minimum Gasteiger partial charge on any atom is -0.476 e. The van der Waals surface area contributed by atoms with Gasteiger partial charge in [0.05, 0.1) is 13.2 Å². The van der Waals surface area contributed by atoms with E-state index in [0.717, 1.165) is 16.2 Å². The molecule has 2 aromatic heterocycles. The van der Waals surface area contributed by atoms with Crippen molar-refractivity contribution in [3.8, 4) is 0 Å². The Balaban J connectivity index is 1.93. The van der Waals surface area contributed by atoms with Crippen LogP contribution in [0.3, 0.4) is 0 Å². The summed E-state index contributed by atoms with van der Waals surface area (Å²) < 4.78 is 6.99. The first-order chi connectivity index (χ1) is 13.4. The Hall–Kier alpha value is -2.12. The third-order valence-electron chi connectivity index (χ3n) is 4.89. The number of allylic oxidation sites excluding steroid dienone is 2. The Bertz CT molecular complexity index is 907. The number of hydrogen-bond donors (Lipinski definition) is 1. The van der Waals surface area contributed by atoms with Crippen LogP contribution in [0.15, 0.2) is 24.3 Å². The lowest BCUT2D eigenvalue weighted by atomic mass is 9.84. The summed E-state index contributed by atoms with van der Waals surface area (Å²) in [6.45, 7) is 4.51. The maximum absolute atomic E-state index is 12.7. The molecule has 1 N–H and O–H groups in total. The number of carbonyl (C=O) groups is 2. The molecule has 0 atom stereocenters. The molecule has 0 spiro atoms. The van der Waals surface area contributed by atoms with E-state index in [1.807, 2.05) is 31.2 Å². The third kappa shape index (κ3) is 3.73. The molecule has 150 valence electrons. The van der Waals surface area contributed by atoms with Crippen LogP contribution in [-0.2, 0) is 27.9 Å². The van der Waals surface area contributed by atoms with Crippen molar-refractivity contribution in [3.63, 3.8) is 0 Å². The molecule has 1 aliphatic rings. The summed E-state index contributed by atoms with van der Waals surface area (Å²) in [7, 11) is 0. The zero-order valence-electron chi connectivity index (χ0n) is 15.9. The van der Waals surface area contributed by atoms with Crippen LogP contribution in [0.25, 0.3) is 0 Å². The fourth-order valence-electron chi connectivity index (χ4n) is 3.52. The molecule has 0 amide bonds. The van der Waals surface area contributed by atoms with Gasteiger partial charge < -0.3 is 14.4 Å². The van der Waals surface area contributed by atoms with E-state index < -0.39 is 11.4 Å². The van der Waals surface area contributed by atoms with Gasteiger partial charge in [-0.15, -0.1) is 11.3 Å². The zero-order chi connectivity index (χ0) is 20.3. The molecule has 6 nitrogen and oxygen atoms in total. The molecular formula is C20H23ClN2O4S. The molecule has 1 aliphatic carbocycles. The van der Waals surface area contributed by atoms with Crippen molar-refractivity contribution < 1.29 is 19.4 Å². The van der Waals surface area contributed by atoms with Gasteiger partial charge in [-0.3, -0.25) is 4.79 Å². The second-order valence-corrected chi connectivity index (χ2v) is 8.28. The fraction of sp³-hybridized carbons (Fsp3) is 0.450. The van der Waals surface area contributed by atoms with Gasteiger partial charge in [-0.05, 0) is 38.3 Å². The third-order valence-corrected chi connectivity index (χ3v) is 6.43. The van der Waals surface area contributed by atoms with E-state index in [0.29, 0.717) is 38.2 Å². The normalized spacial score (nSPS) is 15.1. The molecule has 0 aliphatic heterocycles. The molecule has 0 bridgehead atoms. The first-order valence-corrected chi connectivity index (χ1v) is 10.5. The van der Waals surface area contributed by atoms with Gasteiger partial charge in [-0.25, -0.2) is 9.78 Å². The van der Waals surface area contributed by atoms with Gasteiger partial charge in [0.15, 0.2) is 10.8 Å². The van der Waals surface area contributed by atoms with Gasteiger partial charge in [-0.2, -0.15) is 0 Å². The first-order valence-electron chi connectivity index (χ1n) is 9.32. The SMILES string of the molecule is CCCc1nc(Cl)c(C(=O)O)n1Cc1ccc(C2(C(=O)OCC)CC=CC2)s1. The number of aromatic nitrogens is 2. The number of thiophene rings is 1. The highest BCUT2D eigenvalue weighted by atomic mass is 35.5. The van der Waals surface area contributed by atoms with Crippen molar-refractivity contribution in [2.75, 3.05) is 6.61 Å². The molecule has 2 aromatic rings. The van der Waals surface area contributed by atoms with Gasteiger partial charge in [0.1, 0.15) is 11.2 Å². The maximum Gasteiger partial charge on any atom is 0.355 e. The molecule has 2 heterocycles. The monoisotopic (exact) mass is 422 g/mol. The number of hydrogen-bond acceptors (Lipinski definition) is 5. The molecule has 8 heteroatoms. The predicted molar refractivity (Wildman–Crippen MR) is 108 cm³/mol. The average molecular weight is 423 g/mol. The predicted octanol–water partition coefficient (Wildman–Crippen LogP) is 4.45. The highest BCUT2D eigenvalue weighted by molar-refractivity contribution is 7.12. The number of aryl methyl sites for hydroxylation is 1. The molecule has 0 saturated carbocycles. The van der Waals surface area contributed by atoms with Gasteiger partial charge in [0.2, 0.25) is 0 Å². The van der Waals surface area contributed by atoms with Crippen LogP contribution in [0.1, 0.15) is 59.2 Å². The number of rotatable bonds is 8. The number of imidazole rings is 1. The summed E-state index contributed by atoms with van der Waals surface area (Å²) in [5, 5.41) is 9.56. The second kappa shape index (κ2) is 8.49. The summed E-state index contributed by atoms with van der Waals surface area (Å²) in [5.74, 6) is -0.654. The zero-order valence-corrected chi connectivity index (χ0v) is 17.5. The lowest BCUT2D eigenvalue weighted by Gasteiger charge is -2.25. The standard InChI is InChI=1S/C20H23ClN2O4S/c1-3-7-15-22-17(21)16(18(24)25)23(15)12-13-8-9-14(28-13)20(10-5-6-11-20)19(26)27-4-2/h5-6,8-9H,3-4,7,10-12H2,1-2H3,(H,24,25). The molecule has 0 fully saturated rings. The van der Waals surface area contributed by atoms with Crippen molar-refractivity contribution in [3.05, 3.63) is 50.7 Å². The van der Waals surface area contributed by atoms with Crippen molar-refractivity contribution in [2.24, 2.45) is 0 Å². The molecule has 0 unspecified atom stereocenters. The van der Waals surface area contributed by atoms with Crippen molar-refractivity contribution in [2.45, 2.75) is 51.5 Å². The number of nitrogens with zero attached hydrogens (tertiary/aromatic N) is 2. The van der Waals surface area contributed by atoms with E-state index in [2.05, 4.69) is 4.98 Å². The summed E-state index contributed by atoms with van der Waals surface area (Å²) >= 11 is 7.58. The van der Waals surface area contributed by atoms with E-state index in [1.54, 1.807) is 11.5 Å². The number of aromatic carboxylic acids is 1. The Morgan fingerprint density at radius 2 is 2.04 bits per heavy atom. The molecule has 0 radical (unpaired) electrons. The minimum absolute atomic E-state index is 0.00251. The lowest BCUT2D eigenvalue weighted by molar-refractivity contribution is -0.149. The van der Waals surface area contributed by atoms with E-state index in [-0.39, 0.29) is 16.8 Å². The Morgan fingerprint density at radius 1 is 1.32 bits per heavy atom. The Kier molecular flexibility index (Phi) is 6.25. The van der Waals surface area contributed by atoms with Gasteiger partial charge in [0.25, 0.3) is 0 Å². The fourth-order valence-corrected chi connectivity index (χ4v) is 5.00. The molecule has 3 rings (SSSR count). The first kappa shape index (κ1) is 20.6. The molecular weight excluding hydrogens is 400 g/mol. The van der Waals surface area contributed by atoms with E-state index in [9.17, 15) is 14.7 Å². The van der Waals surface area contributed by atoms with Crippen molar-refractivity contribution in [1.29, 1.82) is 0 Å². The number of ether oxygens (including phenoxy) is 1. The molecule has 0 aromatic carbocycles. The van der Waals surface area contributed by atoms with Crippen LogP contribution in [0, 0.1) is 0 Å². The van der Waals surface area contributed by atoms with Crippen LogP contribution in [-0.4, -0.2) is 33.2 Å². The van der Waals surface area contributed by atoms with Crippen LogP contribution in [0.2, 0.25) is 5.15 Å². The minimum atomic E-state index is -1.10. The number of esters is 1. The summed E-state index contributed by atoms with van der Waals surface area (Å²) in [4.78, 5) is 30.4. The summed E-state index contributed by atoms with van der Waals surface area (Å²) in [5.41, 5.74) is -0.671. The van der Waals surface area contributed by atoms with Crippen molar-refractivity contribution in [1.82, 2.24) is 9.55 Å². The summed E-state index contributed by atoms with van der Waals surface area (Å²) in [6.07, 6.45) is 6.72. The smallest absolute Gasteiger partial charge is 0.355 e. The van der Waals surface area contributed by atoms with Gasteiger partial charge in [-0.1, -0.05) is 30.7 Å². The van der Waals surface area contributed by atoms with Crippen LogP contribution in [0.5, 0.6) is 0 Å². The largest absolute Gasteiger partial charge is 0.476 e. The van der Waals surface area contributed by atoms with Crippen LogP contribution in [0.4, 0.5) is 0 Å². The Labute approximate surface area is 172 Å². The maximum atomic E-state index is 12.7. The molecule has 28 heavy (non-hydrogen) atoms. The number of carbonyl (C=O) groups excluding carboxylic acids is 1. The summed E-state index contributed by atoms with van der Waals surface area (Å²) in [6, 6.07) is 3.89. The second-order valence-electron chi connectivity index (χ2n) is 6.76. The number of carboxylic acid groups (broad SMARTS) is 1. The van der Waals surface area contributed by atoms with E-state index >= 15 is 0 Å². The lowest BCUT2D eigenvalue weighted by Crippen LogP contribution is -2.34. The quantitative estimate of drug-likeness (QED) is 0.502.